The van der Waals surface area contributed by atoms with Gasteiger partial charge in [-0.25, -0.2) is 4.79 Å². The molecule has 3 aromatic carbocycles. The number of nitrogens with one attached hydrogen (secondary N) is 1. The second kappa shape index (κ2) is 11.8. The maximum absolute atomic E-state index is 13.5. The molecule has 214 valence electrons. The van der Waals surface area contributed by atoms with Crippen LogP contribution in [0.2, 0.25) is 0 Å². The topological polar surface area (TPSA) is 111 Å². The highest BCUT2D eigenvalue weighted by Crippen LogP contribution is 2.44. The van der Waals surface area contributed by atoms with Crippen LogP contribution in [0.4, 0.5) is 0 Å². The Hall–Kier alpha value is -4.02. The molecule has 0 bridgehead atoms. The Morgan fingerprint density at radius 2 is 1.54 bits per heavy atom. The molecule has 0 aliphatic carbocycles. The van der Waals surface area contributed by atoms with Gasteiger partial charge in [0.15, 0.2) is 6.10 Å². The molecule has 0 aromatic heterocycles. The Morgan fingerprint density at radius 1 is 0.927 bits per heavy atom. The lowest BCUT2D eigenvalue weighted by molar-refractivity contribution is -0.165. The largest absolute Gasteiger partial charge is 0.497 e. The minimum absolute atomic E-state index is 0.00753. The molecule has 0 radical (unpaired) electrons. The van der Waals surface area contributed by atoms with Gasteiger partial charge in [0.25, 0.3) is 5.91 Å². The first-order chi connectivity index (χ1) is 19.7. The van der Waals surface area contributed by atoms with Gasteiger partial charge in [-0.3, -0.25) is 13.8 Å². The van der Waals surface area contributed by atoms with E-state index in [0.717, 1.165) is 11.1 Å². The van der Waals surface area contributed by atoms with Crippen LogP contribution in [-0.4, -0.2) is 56.2 Å². The van der Waals surface area contributed by atoms with Crippen LogP contribution < -0.4 is 10.1 Å². The summed E-state index contributed by atoms with van der Waals surface area (Å²) in [6, 6.07) is 23.4. The number of ether oxygens (including phenoxy) is 3. The minimum atomic E-state index is -1.65. The second-order valence-electron chi connectivity index (χ2n) is 10.5. The molecule has 2 saturated heterocycles. The minimum Gasteiger partial charge on any atom is -0.497 e. The van der Waals surface area contributed by atoms with Crippen molar-refractivity contribution in [3.05, 3.63) is 102 Å². The van der Waals surface area contributed by atoms with E-state index in [4.69, 9.17) is 14.2 Å². The average Bonchev–Trinajstić information content (AvgIpc) is 3.18. The van der Waals surface area contributed by atoms with Crippen molar-refractivity contribution in [3.63, 3.8) is 0 Å². The average molecular weight is 577 g/mol. The number of amides is 2. The van der Waals surface area contributed by atoms with Gasteiger partial charge in [0.1, 0.15) is 29.8 Å². The maximum Gasteiger partial charge on any atom is 0.330 e. The van der Waals surface area contributed by atoms with Gasteiger partial charge in [-0.05, 0) is 42.7 Å². The first-order valence-electron chi connectivity index (χ1n) is 13.3. The lowest BCUT2D eigenvalue weighted by Gasteiger charge is -2.43. The highest BCUT2D eigenvalue weighted by atomic mass is 32.2. The van der Waals surface area contributed by atoms with Crippen LogP contribution in [0.1, 0.15) is 36.6 Å². The fourth-order valence-corrected chi connectivity index (χ4v) is 7.08. The summed E-state index contributed by atoms with van der Waals surface area (Å²) in [6.45, 7) is 3.51. The van der Waals surface area contributed by atoms with E-state index in [9.17, 15) is 18.6 Å². The van der Waals surface area contributed by atoms with Gasteiger partial charge < -0.3 is 24.4 Å². The first-order valence-corrected chi connectivity index (χ1v) is 14.5. The summed E-state index contributed by atoms with van der Waals surface area (Å²) in [4.78, 5) is 41.3. The Bertz CT molecular complexity index is 1430. The van der Waals surface area contributed by atoms with E-state index >= 15 is 0 Å². The molecule has 0 saturated carbocycles. The molecule has 1 N–H and O–H groups in total. The number of methoxy groups -OCH3 is 1. The van der Waals surface area contributed by atoms with Crippen molar-refractivity contribution in [3.8, 4) is 5.75 Å². The number of benzene rings is 3. The molecule has 9 nitrogen and oxygen atoms in total. The van der Waals surface area contributed by atoms with E-state index in [2.05, 4.69) is 5.32 Å². The van der Waals surface area contributed by atoms with Crippen LogP contribution in [0.3, 0.4) is 0 Å². The molecular formula is C31H32N2O7S. The molecule has 2 amide bonds. The normalized spacial score (nSPS) is 23.2. The van der Waals surface area contributed by atoms with Crippen molar-refractivity contribution in [2.75, 3.05) is 7.11 Å². The third kappa shape index (κ3) is 5.62. The van der Waals surface area contributed by atoms with Crippen molar-refractivity contribution < 1.29 is 32.8 Å². The Balaban J connectivity index is 1.28. The van der Waals surface area contributed by atoms with Gasteiger partial charge in [0.05, 0.1) is 29.3 Å². The summed E-state index contributed by atoms with van der Waals surface area (Å²) in [7, 11) is -0.0879. The molecule has 10 heteroatoms. The van der Waals surface area contributed by atoms with E-state index in [1.165, 1.54) is 4.90 Å². The number of carbonyl (C=O) groups is 3. The van der Waals surface area contributed by atoms with Gasteiger partial charge in [-0.15, -0.1) is 0 Å². The number of carbonyl (C=O) groups excluding carboxylic acids is 3. The lowest BCUT2D eigenvalue weighted by atomic mass is 9.95. The summed E-state index contributed by atoms with van der Waals surface area (Å²) in [6.07, 6.45) is -0.994. The van der Waals surface area contributed by atoms with Crippen LogP contribution in [0.15, 0.2) is 84.9 Å². The molecular weight excluding hydrogens is 544 g/mol. The zero-order valence-electron chi connectivity index (χ0n) is 23.0. The zero-order valence-corrected chi connectivity index (χ0v) is 23.8. The fourth-order valence-electron chi connectivity index (χ4n) is 5.16. The quantitative estimate of drug-likeness (QED) is 0.291. The van der Waals surface area contributed by atoms with E-state index in [1.807, 2.05) is 36.4 Å². The highest BCUT2D eigenvalue weighted by Gasteiger charge is 2.68. The summed E-state index contributed by atoms with van der Waals surface area (Å²) < 4.78 is 29.2. The number of β-lactam (4-membered cyclic amide) rings is 1. The lowest BCUT2D eigenvalue weighted by Crippen LogP contribution is -2.72. The smallest absolute Gasteiger partial charge is 0.330 e. The van der Waals surface area contributed by atoms with Crippen molar-refractivity contribution in [1.82, 2.24) is 10.2 Å². The third-order valence-electron chi connectivity index (χ3n) is 7.42. The van der Waals surface area contributed by atoms with Crippen molar-refractivity contribution in [2.24, 2.45) is 0 Å². The number of hydrogen-bond acceptors (Lipinski definition) is 7. The number of rotatable bonds is 10. The van der Waals surface area contributed by atoms with E-state index in [1.54, 1.807) is 69.5 Å². The molecule has 3 aromatic rings. The Morgan fingerprint density at radius 3 is 2.17 bits per heavy atom. The third-order valence-corrected chi connectivity index (χ3v) is 9.61. The van der Waals surface area contributed by atoms with Crippen LogP contribution in [-0.2, 0) is 47.9 Å². The number of hydrogen-bond donors (Lipinski definition) is 1. The Labute approximate surface area is 241 Å². The number of esters is 1. The van der Waals surface area contributed by atoms with Gasteiger partial charge >= 0.3 is 5.97 Å². The van der Waals surface area contributed by atoms with Crippen molar-refractivity contribution >= 4 is 28.6 Å². The van der Waals surface area contributed by atoms with Gasteiger partial charge in [-0.1, -0.05) is 72.8 Å². The maximum atomic E-state index is 13.5. The standard InChI is InChI=1S/C31H32N2O7S/c1-31(2)26(30(36)40-19-21-14-16-23(38-3)17-15-21)33-28(35)24(29(33)41(31)37)32-27(34)25(22-12-8-5-9-13-22)39-18-20-10-6-4-7-11-20/h4-17,24-26,29H,18-19H2,1-3H3,(H,32,34)/t24-,25?,26+,29-,41?/m1/s1. The molecule has 2 unspecified atom stereocenters. The molecule has 2 aliphatic rings. The van der Waals surface area contributed by atoms with Crippen molar-refractivity contribution in [1.29, 1.82) is 0 Å². The van der Waals surface area contributed by atoms with Crippen LogP contribution in [0.5, 0.6) is 5.75 Å². The Kier molecular flexibility index (Phi) is 8.23. The van der Waals surface area contributed by atoms with Crippen LogP contribution >= 0.6 is 0 Å². The SMILES string of the molecule is COc1ccc(COC(=O)[C@@H]2N3C(=O)[C@@H](NC(=O)C(OCc4ccccc4)c4ccccc4)[C@H]3S(=O)C2(C)C)cc1. The first kappa shape index (κ1) is 28.5. The molecule has 2 fully saturated rings. The van der Waals surface area contributed by atoms with E-state index in [0.29, 0.717) is 11.3 Å². The van der Waals surface area contributed by atoms with E-state index < -0.39 is 56.9 Å². The second-order valence-corrected chi connectivity index (χ2v) is 12.6. The van der Waals surface area contributed by atoms with Gasteiger partial charge in [-0.2, -0.15) is 0 Å². The molecule has 2 aliphatic heterocycles. The summed E-state index contributed by atoms with van der Waals surface area (Å²) >= 11 is 0. The predicted octanol–water partition coefficient (Wildman–Crippen LogP) is 3.26. The summed E-state index contributed by atoms with van der Waals surface area (Å²) in [5.74, 6) is -0.975. The zero-order chi connectivity index (χ0) is 29.1. The molecule has 5 rings (SSSR count). The predicted molar refractivity (Wildman–Crippen MR) is 152 cm³/mol. The van der Waals surface area contributed by atoms with E-state index in [-0.39, 0.29) is 13.2 Å². The molecule has 41 heavy (non-hydrogen) atoms. The summed E-state index contributed by atoms with van der Waals surface area (Å²) in [5, 5.41) is 1.90. The molecule has 2 heterocycles. The monoisotopic (exact) mass is 576 g/mol. The van der Waals surface area contributed by atoms with Crippen molar-refractivity contribution in [2.45, 2.75) is 55.4 Å². The van der Waals surface area contributed by atoms with Gasteiger partial charge in [0, 0.05) is 0 Å². The number of fused-ring (bicyclic) bond motifs is 1. The molecule has 5 atom stereocenters. The van der Waals surface area contributed by atoms with Crippen LogP contribution in [0, 0.1) is 0 Å². The summed E-state index contributed by atoms with van der Waals surface area (Å²) in [5.41, 5.74) is 2.26. The van der Waals surface area contributed by atoms with Gasteiger partial charge in [0.2, 0.25) is 5.91 Å². The highest BCUT2D eigenvalue weighted by molar-refractivity contribution is 7.87. The number of nitrogens with zero attached hydrogens (tertiary/aromatic N) is 1. The van der Waals surface area contributed by atoms with Crippen LogP contribution in [0.25, 0.3) is 0 Å². The molecule has 0 spiro atoms. The fraction of sp³-hybridized carbons (Fsp3) is 0.323.